The van der Waals surface area contributed by atoms with Crippen LogP contribution in [-0.4, -0.2) is 12.5 Å². The minimum atomic E-state index is -0.101. The number of carbonyl (C=O) groups is 1. The van der Waals surface area contributed by atoms with Crippen LogP contribution in [0, 0.1) is 0 Å². The number of carbonyl (C=O) groups excluding carboxylic acids is 1. The van der Waals surface area contributed by atoms with Crippen molar-refractivity contribution in [1.82, 2.24) is 0 Å². The first-order chi connectivity index (χ1) is 14.5. The summed E-state index contributed by atoms with van der Waals surface area (Å²) in [6.07, 6.45) is 3.78. The summed E-state index contributed by atoms with van der Waals surface area (Å²) in [6, 6.07) is 22.3. The number of rotatable bonds is 5. The first kappa shape index (κ1) is 20.3. The number of nitrogens with zero attached hydrogens (tertiary/aromatic N) is 1. The zero-order chi connectivity index (χ0) is 21.1. The predicted octanol–water partition coefficient (Wildman–Crippen LogP) is 6.86. The molecule has 0 radical (unpaired) electrons. The first-order valence-corrected chi connectivity index (χ1v) is 10.3. The van der Waals surface area contributed by atoms with Crippen LogP contribution in [0.15, 0.2) is 84.4 Å². The Morgan fingerprint density at radius 3 is 2.07 bits per heavy atom. The maximum atomic E-state index is 13.3. The normalized spacial score (nSPS) is 14.9. The lowest BCUT2D eigenvalue weighted by molar-refractivity contribution is -0.113. The van der Waals surface area contributed by atoms with Crippen molar-refractivity contribution in [2.75, 3.05) is 11.5 Å². The highest BCUT2D eigenvalue weighted by molar-refractivity contribution is 6.31. The van der Waals surface area contributed by atoms with Crippen molar-refractivity contribution in [2.45, 2.75) is 6.92 Å². The van der Waals surface area contributed by atoms with E-state index in [-0.39, 0.29) is 5.91 Å². The molecule has 1 aliphatic heterocycles. The first-order valence-electron chi connectivity index (χ1n) is 9.57. The van der Waals surface area contributed by atoms with E-state index in [9.17, 15) is 4.79 Å². The van der Waals surface area contributed by atoms with Gasteiger partial charge in [-0.3, -0.25) is 9.69 Å². The van der Waals surface area contributed by atoms with Gasteiger partial charge in [0.15, 0.2) is 0 Å². The average molecular weight is 436 g/mol. The van der Waals surface area contributed by atoms with Crippen LogP contribution < -0.4 is 9.64 Å². The van der Waals surface area contributed by atoms with Gasteiger partial charge in [0.2, 0.25) is 0 Å². The third kappa shape index (κ3) is 4.28. The second kappa shape index (κ2) is 8.78. The standard InChI is InChI=1S/C25H19Cl2NO2/c1-2-30-23-13-3-17(4-14-23)15-19-16-24(18-5-7-20(26)8-6-18)28(25(19)29)22-11-9-21(27)10-12-22/h3-16H,2H2,1H3/b19-15+. The molecule has 4 rings (SSSR count). The largest absolute Gasteiger partial charge is 0.494 e. The van der Waals surface area contributed by atoms with Crippen LogP contribution in [0.1, 0.15) is 18.1 Å². The van der Waals surface area contributed by atoms with Crippen molar-refractivity contribution in [1.29, 1.82) is 0 Å². The Kier molecular flexibility index (Phi) is 5.93. The van der Waals surface area contributed by atoms with Gasteiger partial charge in [-0.25, -0.2) is 0 Å². The molecular formula is C25H19Cl2NO2. The SMILES string of the molecule is CCOc1ccc(/C=C2\C=C(c3ccc(Cl)cc3)N(c3ccc(Cl)cc3)C2=O)cc1. The van der Waals surface area contributed by atoms with Crippen LogP contribution in [0.2, 0.25) is 10.0 Å². The summed E-state index contributed by atoms with van der Waals surface area (Å²) >= 11 is 12.1. The molecule has 3 aromatic rings. The van der Waals surface area contributed by atoms with Crippen molar-refractivity contribution in [3.8, 4) is 5.75 Å². The summed E-state index contributed by atoms with van der Waals surface area (Å²) in [5.74, 6) is 0.703. The maximum absolute atomic E-state index is 13.3. The molecule has 0 aliphatic carbocycles. The summed E-state index contributed by atoms with van der Waals surface area (Å²) < 4.78 is 5.49. The number of benzene rings is 3. The number of halogens is 2. The van der Waals surface area contributed by atoms with Gasteiger partial charge in [0, 0.05) is 21.3 Å². The van der Waals surface area contributed by atoms with Gasteiger partial charge in [0.25, 0.3) is 5.91 Å². The molecule has 0 atom stereocenters. The highest BCUT2D eigenvalue weighted by atomic mass is 35.5. The molecule has 0 unspecified atom stereocenters. The molecule has 5 heteroatoms. The highest BCUT2D eigenvalue weighted by Crippen LogP contribution is 2.36. The van der Waals surface area contributed by atoms with E-state index >= 15 is 0 Å². The van der Waals surface area contributed by atoms with Crippen molar-refractivity contribution in [3.05, 3.63) is 106 Å². The maximum Gasteiger partial charge on any atom is 0.262 e. The van der Waals surface area contributed by atoms with E-state index in [0.717, 1.165) is 28.3 Å². The van der Waals surface area contributed by atoms with Crippen LogP contribution >= 0.6 is 23.2 Å². The Balaban J connectivity index is 1.75. The van der Waals surface area contributed by atoms with Gasteiger partial charge in [-0.15, -0.1) is 0 Å². The molecular weight excluding hydrogens is 417 g/mol. The Morgan fingerprint density at radius 1 is 0.867 bits per heavy atom. The fourth-order valence-corrected chi connectivity index (χ4v) is 3.55. The van der Waals surface area contributed by atoms with Crippen LogP contribution in [-0.2, 0) is 4.79 Å². The molecule has 3 aromatic carbocycles. The van der Waals surface area contributed by atoms with Crippen LogP contribution in [0.25, 0.3) is 11.8 Å². The number of ether oxygens (including phenoxy) is 1. The monoisotopic (exact) mass is 435 g/mol. The second-order valence-corrected chi connectivity index (χ2v) is 7.63. The molecule has 1 amide bonds. The minimum absolute atomic E-state index is 0.101. The summed E-state index contributed by atoms with van der Waals surface area (Å²) in [5, 5.41) is 1.26. The molecule has 0 saturated heterocycles. The smallest absolute Gasteiger partial charge is 0.262 e. The summed E-state index contributed by atoms with van der Waals surface area (Å²) in [6.45, 7) is 2.56. The molecule has 1 heterocycles. The van der Waals surface area contributed by atoms with E-state index in [4.69, 9.17) is 27.9 Å². The van der Waals surface area contributed by atoms with Crippen molar-refractivity contribution >= 4 is 46.6 Å². The van der Waals surface area contributed by atoms with Gasteiger partial charge in [-0.1, -0.05) is 47.5 Å². The van der Waals surface area contributed by atoms with Gasteiger partial charge < -0.3 is 4.74 Å². The predicted molar refractivity (Wildman–Crippen MR) is 124 cm³/mol. The van der Waals surface area contributed by atoms with Gasteiger partial charge in [-0.2, -0.15) is 0 Å². The van der Waals surface area contributed by atoms with E-state index in [1.54, 1.807) is 17.0 Å². The summed E-state index contributed by atoms with van der Waals surface area (Å²) in [4.78, 5) is 15.0. The molecule has 1 aliphatic rings. The quantitative estimate of drug-likeness (QED) is 0.409. The summed E-state index contributed by atoms with van der Waals surface area (Å²) in [5.41, 5.74) is 3.96. The third-order valence-electron chi connectivity index (χ3n) is 4.72. The lowest BCUT2D eigenvalue weighted by Gasteiger charge is -2.21. The van der Waals surface area contributed by atoms with Crippen molar-refractivity contribution in [3.63, 3.8) is 0 Å². The Bertz CT molecular complexity index is 1120. The van der Waals surface area contributed by atoms with Crippen LogP contribution in [0.5, 0.6) is 5.75 Å². The molecule has 0 saturated carbocycles. The lowest BCUT2D eigenvalue weighted by atomic mass is 10.1. The van der Waals surface area contributed by atoms with E-state index in [0.29, 0.717) is 22.2 Å². The number of hydrogen-bond donors (Lipinski definition) is 0. The molecule has 0 fully saturated rings. The van der Waals surface area contributed by atoms with E-state index in [2.05, 4.69) is 0 Å². The van der Waals surface area contributed by atoms with Crippen molar-refractivity contribution in [2.24, 2.45) is 0 Å². The van der Waals surface area contributed by atoms with E-state index in [1.807, 2.05) is 79.7 Å². The van der Waals surface area contributed by atoms with Gasteiger partial charge >= 0.3 is 0 Å². The number of amides is 1. The minimum Gasteiger partial charge on any atom is -0.494 e. The molecule has 0 spiro atoms. The van der Waals surface area contributed by atoms with Gasteiger partial charge in [0.1, 0.15) is 5.75 Å². The molecule has 3 nitrogen and oxygen atoms in total. The van der Waals surface area contributed by atoms with Crippen LogP contribution in [0.4, 0.5) is 5.69 Å². The molecule has 0 bridgehead atoms. The molecule has 150 valence electrons. The lowest BCUT2D eigenvalue weighted by Crippen LogP contribution is -2.24. The van der Waals surface area contributed by atoms with Gasteiger partial charge in [0.05, 0.1) is 12.3 Å². The second-order valence-electron chi connectivity index (χ2n) is 6.76. The Labute approximate surface area is 185 Å². The fourth-order valence-electron chi connectivity index (χ4n) is 3.30. The Morgan fingerprint density at radius 2 is 1.47 bits per heavy atom. The highest BCUT2D eigenvalue weighted by Gasteiger charge is 2.30. The number of hydrogen-bond acceptors (Lipinski definition) is 2. The average Bonchev–Trinajstić information content (AvgIpc) is 3.07. The molecule has 30 heavy (non-hydrogen) atoms. The zero-order valence-electron chi connectivity index (χ0n) is 16.3. The van der Waals surface area contributed by atoms with E-state index < -0.39 is 0 Å². The topological polar surface area (TPSA) is 29.5 Å². The molecule has 0 aromatic heterocycles. The van der Waals surface area contributed by atoms with Gasteiger partial charge in [-0.05, 0) is 78.7 Å². The summed E-state index contributed by atoms with van der Waals surface area (Å²) in [7, 11) is 0. The Hall–Kier alpha value is -3.01. The fraction of sp³-hybridized carbons (Fsp3) is 0.0800. The van der Waals surface area contributed by atoms with E-state index in [1.165, 1.54) is 0 Å². The van der Waals surface area contributed by atoms with Crippen LogP contribution in [0.3, 0.4) is 0 Å². The zero-order valence-corrected chi connectivity index (χ0v) is 17.8. The molecule has 0 N–H and O–H groups in total. The van der Waals surface area contributed by atoms with Crippen molar-refractivity contribution < 1.29 is 9.53 Å². The third-order valence-corrected chi connectivity index (χ3v) is 5.23. The number of anilines is 1.